The summed E-state index contributed by atoms with van der Waals surface area (Å²) in [5, 5.41) is 7.09. The third-order valence-corrected chi connectivity index (χ3v) is 5.22. The summed E-state index contributed by atoms with van der Waals surface area (Å²) >= 11 is 0. The average Bonchev–Trinajstić information content (AvgIpc) is 3.04. The third-order valence-electron chi connectivity index (χ3n) is 5.22. The van der Waals surface area contributed by atoms with E-state index >= 15 is 0 Å². The molecule has 0 radical (unpaired) electrons. The minimum Gasteiger partial charge on any atom is -0.323 e. The zero-order valence-corrected chi connectivity index (χ0v) is 14.1. The number of rotatable bonds is 4. The fourth-order valence-electron chi connectivity index (χ4n) is 3.69. The molecule has 0 aliphatic carbocycles. The molecule has 0 aromatic carbocycles. The Kier molecular flexibility index (Phi) is 4.14. The van der Waals surface area contributed by atoms with Crippen molar-refractivity contribution in [2.45, 2.75) is 31.7 Å². The van der Waals surface area contributed by atoms with Crippen LogP contribution in [0.4, 0.5) is 4.79 Å². The molecule has 2 aliphatic heterocycles. The molecule has 2 fully saturated rings. The third kappa shape index (κ3) is 2.97. The minimum absolute atomic E-state index is 0.110. The van der Waals surface area contributed by atoms with Crippen molar-refractivity contribution in [3.63, 3.8) is 0 Å². The van der Waals surface area contributed by atoms with Gasteiger partial charge in [-0.2, -0.15) is 5.10 Å². The van der Waals surface area contributed by atoms with Crippen LogP contribution in [0.2, 0.25) is 0 Å². The first-order valence-electron chi connectivity index (χ1n) is 8.20. The van der Waals surface area contributed by atoms with Gasteiger partial charge in [0.15, 0.2) is 0 Å². The molecule has 3 rings (SSSR count). The SMILES string of the molecule is CN1C(=O)N[C@@](C)([C@@H]2CCCN(CCc3cnn(C)c3)C2)C1=O. The van der Waals surface area contributed by atoms with Crippen LogP contribution < -0.4 is 5.32 Å². The van der Waals surface area contributed by atoms with Gasteiger partial charge >= 0.3 is 6.03 Å². The van der Waals surface area contributed by atoms with Gasteiger partial charge in [-0.3, -0.25) is 14.4 Å². The lowest BCUT2D eigenvalue weighted by Gasteiger charge is -2.39. The molecular weight excluding hydrogens is 294 g/mol. The van der Waals surface area contributed by atoms with Crippen LogP contribution in [0.25, 0.3) is 0 Å². The number of nitrogens with one attached hydrogen (secondary N) is 1. The van der Waals surface area contributed by atoms with Crippen LogP contribution in [0.5, 0.6) is 0 Å². The molecule has 0 unspecified atom stereocenters. The Balaban J connectivity index is 1.62. The summed E-state index contributed by atoms with van der Waals surface area (Å²) in [4.78, 5) is 27.8. The van der Waals surface area contributed by atoms with E-state index in [4.69, 9.17) is 0 Å². The summed E-state index contributed by atoms with van der Waals surface area (Å²) in [7, 11) is 3.47. The molecule has 1 aromatic heterocycles. The summed E-state index contributed by atoms with van der Waals surface area (Å²) < 4.78 is 1.82. The normalized spacial score (nSPS) is 29.2. The van der Waals surface area contributed by atoms with Crippen molar-refractivity contribution < 1.29 is 9.59 Å². The molecular formula is C16H25N5O2. The molecule has 7 heteroatoms. The highest BCUT2D eigenvalue weighted by molar-refractivity contribution is 6.06. The van der Waals surface area contributed by atoms with Gasteiger partial charge in [-0.1, -0.05) is 0 Å². The molecule has 0 spiro atoms. The highest BCUT2D eigenvalue weighted by Crippen LogP contribution is 2.32. The Morgan fingerprint density at radius 2 is 2.17 bits per heavy atom. The molecule has 126 valence electrons. The number of nitrogens with zero attached hydrogens (tertiary/aromatic N) is 4. The van der Waals surface area contributed by atoms with Gasteiger partial charge in [-0.25, -0.2) is 4.79 Å². The lowest BCUT2D eigenvalue weighted by Crippen LogP contribution is -2.55. The standard InChI is InChI=1S/C16H25N5O2/c1-16(14(22)20(3)15(23)18-16)13-5-4-7-21(11-13)8-6-12-9-17-19(2)10-12/h9-10,13H,4-8,11H2,1-3H3,(H,18,23)/t13-,16+/m1/s1. The maximum absolute atomic E-state index is 12.4. The molecule has 2 aliphatic rings. The van der Waals surface area contributed by atoms with Crippen LogP contribution in [-0.2, 0) is 18.3 Å². The van der Waals surface area contributed by atoms with E-state index in [9.17, 15) is 9.59 Å². The van der Waals surface area contributed by atoms with Crippen LogP contribution in [0.15, 0.2) is 12.4 Å². The molecule has 0 bridgehead atoms. The van der Waals surface area contributed by atoms with E-state index in [2.05, 4.69) is 15.3 Å². The maximum atomic E-state index is 12.4. The lowest BCUT2D eigenvalue weighted by atomic mass is 9.80. The first kappa shape index (κ1) is 16.0. The number of likely N-dealkylation sites (N-methyl/N-ethyl adjacent to an activating group) is 1. The summed E-state index contributed by atoms with van der Waals surface area (Å²) in [5.41, 5.74) is 0.463. The van der Waals surface area contributed by atoms with Crippen LogP contribution in [0.3, 0.4) is 0 Å². The van der Waals surface area contributed by atoms with E-state index in [-0.39, 0.29) is 17.9 Å². The number of aromatic nitrogens is 2. The second-order valence-corrected chi connectivity index (χ2v) is 6.91. The van der Waals surface area contributed by atoms with E-state index in [1.54, 1.807) is 7.05 Å². The van der Waals surface area contributed by atoms with E-state index in [0.717, 1.165) is 38.9 Å². The van der Waals surface area contributed by atoms with Crippen molar-refractivity contribution in [3.8, 4) is 0 Å². The van der Waals surface area contributed by atoms with Gasteiger partial charge in [0, 0.05) is 39.3 Å². The number of carbonyl (C=O) groups is 2. The number of hydrogen-bond donors (Lipinski definition) is 1. The topological polar surface area (TPSA) is 70.5 Å². The van der Waals surface area contributed by atoms with E-state index in [1.807, 2.05) is 31.0 Å². The zero-order valence-electron chi connectivity index (χ0n) is 14.1. The number of piperidine rings is 1. The molecule has 1 N–H and O–H groups in total. The Morgan fingerprint density at radius 1 is 1.39 bits per heavy atom. The first-order valence-corrected chi connectivity index (χ1v) is 8.20. The summed E-state index contributed by atoms with van der Waals surface area (Å²) in [5.74, 6) is 0.0492. The predicted octanol–water partition coefficient (Wildman–Crippen LogP) is 0.615. The molecule has 2 saturated heterocycles. The van der Waals surface area contributed by atoms with Gasteiger partial charge in [-0.15, -0.1) is 0 Å². The summed E-state index contributed by atoms with van der Waals surface area (Å²) in [6.07, 6.45) is 6.92. The summed E-state index contributed by atoms with van der Waals surface area (Å²) in [6, 6.07) is -0.287. The minimum atomic E-state index is -0.765. The van der Waals surface area contributed by atoms with E-state index < -0.39 is 5.54 Å². The average molecular weight is 319 g/mol. The number of hydrogen-bond acceptors (Lipinski definition) is 4. The number of likely N-dealkylation sites (tertiary alicyclic amines) is 1. The smallest absolute Gasteiger partial charge is 0.323 e. The van der Waals surface area contributed by atoms with Crippen molar-refractivity contribution in [1.82, 2.24) is 24.9 Å². The number of imide groups is 1. The second kappa shape index (κ2) is 5.96. The van der Waals surface area contributed by atoms with Crippen molar-refractivity contribution in [2.75, 3.05) is 26.7 Å². The van der Waals surface area contributed by atoms with Crippen molar-refractivity contribution in [2.24, 2.45) is 13.0 Å². The molecule has 3 heterocycles. The van der Waals surface area contributed by atoms with Crippen molar-refractivity contribution in [1.29, 1.82) is 0 Å². The van der Waals surface area contributed by atoms with Gasteiger partial charge < -0.3 is 10.2 Å². The van der Waals surface area contributed by atoms with Gasteiger partial charge in [0.05, 0.1) is 6.20 Å². The van der Waals surface area contributed by atoms with Crippen LogP contribution in [0.1, 0.15) is 25.3 Å². The van der Waals surface area contributed by atoms with Crippen LogP contribution >= 0.6 is 0 Å². The fraction of sp³-hybridized carbons (Fsp3) is 0.688. The maximum Gasteiger partial charge on any atom is 0.324 e. The molecule has 2 atom stereocenters. The Hall–Kier alpha value is -1.89. The molecule has 3 amide bonds. The fourth-order valence-corrected chi connectivity index (χ4v) is 3.69. The van der Waals surface area contributed by atoms with Gasteiger partial charge in [0.25, 0.3) is 5.91 Å². The first-order chi connectivity index (χ1) is 10.9. The van der Waals surface area contributed by atoms with Crippen LogP contribution in [-0.4, -0.2) is 63.7 Å². The molecule has 0 saturated carbocycles. The Bertz CT molecular complexity index is 613. The number of urea groups is 1. The number of aryl methyl sites for hydroxylation is 1. The predicted molar refractivity (Wildman–Crippen MR) is 85.8 cm³/mol. The highest BCUT2D eigenvalue weighted by atomic mass is 16.2. The molecule has 1 aromatic rings. The van der Waals surface area contributed by atoms with Crippen LogP contribution in [0, 0.1) is 5.92 Å². The van der Waals surface area contributed by atoms with E-state index in [0.29, 0.717) is 0 Å². The quantitative estimate of drug-likeness (QED) is 0.826. The van der Waals surface area contributed by atoms with Crippen molar-refractivity contribution >= 4 is 11.9 Å². The van der Waals surface area contributed by atoms with Gasteiger partial charge in [0.1, 0.15) is 5.54 Å². The number of amides is 3. The van der Waals surface area contributed by atoms with Gasteiger partial charge in [0.2, 0.25) is 0 Å². The van der Waals surface area contributed by atoms with E-state index in [1.165, 1.54) is 10.5 Å². The lowest BCUT2D eigenvalue weighted by molar-refractivity contribution is -0.132. The highest BCUT2D eigenvalue weighted by Gasteiger charge is 2.51. The Morgan fingerprint density at radius 3 is 2.78 bits per heavy atom. The largest absolute Gasteiger partial charge is 0.324 e. The van der Waals surface area contributed by atoms with Crippen molar-refractivity contribution in [3.05, 3.63) is 18.0 Å². The molecule has 7 nitrogen and oxygen atoms in total. The Labute approximate surface area is 136 Å². The second-order valence-electron chi connectivity index (χ2n) is 6.91. The zero-order chi connectivity index (χ0) is 16.6. The van der Waals surface area contributed by atoms with Gasteiger partial charge in [-0.05, 0) is 38.3 Å². The number of carbonyl (C=O) groups excluding carboxylic acids is 2. The molecule has 23 heavy (non-hydrogen) atoms. The monoisotopic (exact) mass is 319 g/mol. The summed E-state index contributed by atoms with van der Waals surface area (Å²) in [6.45, 7) is 4.71.